The van der Waals surface area contributed by atoms with Crippen LogP contribution in [0.1, 0.15) is 37.9 Å². The average molecular weight is 524 g/mol. The van der Waals surface area contributed by atoms with Gasteiger partial charge in [0.15, 0.2) is 11.5 Å². The third-order valence-corrected chi connectivity index (χ3v) is 5.96. The van der Waals surface area contributed by atoms with Crippen molar-refractivity contribution in [1.82, 2.24) is 0 Å². The van der Waals surface area contributed by atoms with Gasteiger partial charge in [-0.1, -0.05) is 29.8 Å². The van der Waals surface area contributed by atoms with Crippen LogP contribution in [0.3, 0.4) is 0 Å². The lowest BCUT2D eigenvalue weighted by atomic mass is 9.94. The molecule has 0 radical (unpaired) electrons. The fourth-order valence-electron chi connectivity index (χ4n) is 4.20. The van der Waals surface area contributed by atoms with E-state index in [2.05, 4.69) is 0 Å². The Labute approximate surface area is 218 Å². The number of ether oxygens (including phenoxy) is 2. The van der Waals surface area contributed by atoms with Gasteiger partial charge in [-0.15, -0.1) is 0 Å². The predicted molar refractivity (Wildman–Crippen MR) is 139 cm³/mol. The first-order valence-corrected chi connectivity index (χ1v) is 12.0. The molecule has 1 amide bonds. The number of carbonyl (C=O) groups excluding carboxylic acids is 2. The number of rotatable bonds is 7. The van der Waals surface area contributed by atoms with E-state index >= 15 is 0 Å². The minimum Gasteiger partial charge on any atom is -0.507 e. The number of Topliss-reactive ketones (excluding diaryl/α,β-unsaturated/α-hetero) is 1. The number of aliphatic hydroxyl groups excluding tert-OH is 1. The molecule has 1 fully saturated rings. The van der Waals surface area contributed by atoms with E-state index in [0.717, 1.165) is 4.90 Å². The first kappa shape index (κ1) is 25.9. The molecular formula is C28H26ClNO7. The Morgan fingerprint density at radius 3 is 2.46 bits per heavy atom. The van der Waals surface area contributed by atoms with Crippen LogP contribution in [0.25, 0.3) is 5.76 Å². The predicted octanol–water partition coefficient (Wildman–Crippen LogP) is 5.56. The Balaban J connectivity index is 1.96. The van der Waals surface area contributed by atoms with Crippen LogP contribution in [0.2, 0.25) is 5.02 Å². The van der Waals surface area contributed by atoms with Crippen molar-refractivity contribution in [2.45, 2.75) is 32.9 Å². The van der Waals surface area contributed by atoms with Crippen LogP contribution >= 0.6 is 11.6 Å². The van der Waals surface area contributed by atoms with Crippen LogP contribution in [0, 0.1) is 0 Å². The number of anilines is 1. The van der Waals surface area contributed by atoms with Gasteiger partial charge < -0.3 is 24.8 Å². The lowest BCUT2D eigenvalue weighted by molar-refractivity contribution is -0.132. The number of carbonyl (C=O) groups is 2. The molecular weight excluding hydrogens is 498 g/mol. The highest BCUT2D eigenvalue weighted by Crippen LogP contribution is 2.46. The number of phenols is 2. The molecule has 37 heavy (non-hydrogen) atoms. The zero-order valence-electron chi connectivity index (χ0n) is 20.4. The first-order chi connectivity index (χ1) is 17.6. The van der Waals surface area contributed by atoms with E-state index in [1.54, 1.807) is 31.2 Å². The lowest BCUT2D eigenvalue weighted by Gasteiger charge is -2.26. The maximum absolute atomic E-state index is 13.4. The molecule has 0 saturated carbocycles. The van der Waals surface area contributed by atoms with Crippen molar-refractivity contribution >= 4 is 34.7 Å². The second kappa shape index (κ2) is 10.4. The SMILES string of the molecule is CCOc1cc(C2/C(=C(\O)c3cccc(OC(C)C)c3)C(=O)C(=O)N2c2cc(Cl)ccc2O)ccc1O. The quantitative estimate of drug-likeness (QED) is 0.211. The van der Waals surface area contributed by atoms with E-state index in [-0.39, 0.29) is 51.8 Å². The summed E-state index contributed by atoms with van der Waals surface area (Å²) in [6, 6.07) is 13.8. The zero-order chi connectivity index (χ0) is 26.9. The van der Waals surface area contributed by atoms with Crippen LogP contribution < -0.4 is 14.4 Å². The molecule has 0 aliphatic carbocycles. The fraction of sp³-hybridized carbons (Fsp3) is 0.214. The molecule has 1 atom stereocenters. The highest BCUT2D eigenvalue weighted by atomic mass is 35.5. The van der Waals surface area contributed by atoms with Gasteiger partial charge in [-0.2, -0.15) is 0 Å². The van der Waals surface area contributed by atoms with Gasteiger partial charge in [-0.3, -0.25) is 14.5 Å². The summed E-state index contributed by atoms with van der Waals surface area (Å²) in [5.41, 5.74) is 0.400. The highest BCUT2D eigenvalue weighted by molar-refractivity contribution is 6.52. The van der Waals surface area contributed by atoms with Gasteiger partial charge in [0.05, 0.1) is 30.0 Å². The second-order valence-corrected chi connectivity index (χ2v) is 9.09. The van der Waals surface area contributed by atoms with Crippen LogP contribution in [-0.4, -0.2) is 39.7 Å². The summed E-state index contributed by atoms with van der Waals surface area (Å²) in [5.74, 6) is -2.16. The smallest absolute Gasteiger partial charge is 0.300 e. The van der Waals surface area contributed by atoms with Crippen LogP contribution in [0.15, 0.2) is 66.2 Å². The van der Waals surface area contributed by atoms with E-state index in [1.807, 2.05) is 13.8 Å². The number of aromatic hydroxyl groups is 2. The maximum Gasteiger partial charge on any atom is 0.300 e. The van der Waals surface area contributed by atoms with Crippen LogP contribution in [-0.2, 0) is 9.59 Å². The van der Waals surface area contributed by atoms with Gasteiger partial charge in [0, 0.05) is 10.6 Å². The number of phenolic OH excluding ortho intramolecular Hbond substituents is 2. The number of benzene rings is 3. The van der Waals surface area contributed by atoms with Crippen molar-refractivity contribution in [2.24, 2.45) is 0 Å². The molecule has 1 saturated heterocycles. The molecule has 1 aliphatic rings. The molecule has 8 nitrogen and oxygen atoms in total. The molecule has 3 N–H and O–H groups in total. The van der Waals surface area contributed by atoms with Gasteiger partial charge in [0.1, 0.15) is 17.3 Å². The second-order valence-electron chi connectivity index (χ2n) is 8.66. The van der Waals surface area contributed by atoms with Gasteiger partial charge in [-0.25, -0.2) is 0 Å². The van der Waals surface area contributed by atoms with Crippen molar-refractivity contribution < 1.29 is 34.4 Å². The topological polar surface area (TPSA) is 117 Å². The summed E-state index contributed by atoms with van der Waals surface area (Å²) in [5, 5.41) is 32.4. The molecule has 192 valence electrons. The molecule has 1 heterocycles. The molecule has 4 rings (SSSR count). The summed E-state index contributed by atoms with van der Waals surface area (Å²) in [6.45, 7) is 5.72. The highest BCUT2D eigenvalue weighted by Gasteiger charge is 2.48. The maximum atomic E-state index is 13.4. The Morgan fingerprint density at radius 2 is 1.76 bits per heavy atom. The third kappa shape index (κ3) is 5.06. The summed E-state index contributed by atoms with van der Waals surface area (Å²) in [7, 11) is 0. The number of hydrogen-bond donors (Lipinski definition) is 3. The summed E-state index contributed by atoms with van der Waals surface area (Å²) in [4.78, 5) is 27.8. The van der Waals surface area contributed by atoms with E-state index in [4.69, 9.17) is 21.1 Å². The van der Waals surface area contributed by atoms with Crippen LogP contribution in [0.5, 0.6) is 23.0 Å². The number of nitrogens with zero attached hydrogens (tertiary/aromatic N) is 1. The number of halogens is 1. The Kier molecular flexibility index (Phi) is 7.31. The Hall–Kier alpha value is -4.17. The molecule has 3 aromatic carbocycles. The Bertz CT molecular complexity index is 1400. The van der Waals surface area contributed by atoms with Crippen molar-refractivity contribution in [3.63, 3.8) is 0 Å². The summed E-state index contributed by atoms with van der Waals surface area (Å²) in [6.07, 6.45) is -0.122. The molecule has 9 heteroatoms. The zero-order valence-corrected chi connectivity index (χ0v) is 21.2. The molecule has 0 spiro atoms. The van der Waals surface area contributed by atoms with E-state index in [1.165, 1.54) is 36.4 Å². The van der Waals surface area contributed by atoms with Crippen molar-refractivity contribution in [2.75, 3.05) is 11.5 Å². The van der Waals surface area contributed by atoms with E-state index < -0.39 is 23.5 Å². The largest absolute Gasteiger partial charge is 0.507 e. The van der Waals surface area contributed by atoms with Gasteiger partial charge >= 0.3 is 0 Å². The van der Waals surface area contributed by atoms with Gasteiger partial charge in [0.2, 0.25) is 0 Å². The molecule has 3 aromatic rings. The van der Waals surface area contributed by atoms with Crippen molar-refractivity contribution in [1.29, 1.82) is 0 Å². The normalized spacial score (nSPS) is 16.9. The fourth-order valence-corrected chi connectivity index (χ4v) is 4.37. The molecule has 1 unspecified atom stereocenters. The molecule has 0 aromatic heterocycles. The van der Waals surface area contributed by atoms with Gasteiger partial charge in [-0.05, 0) is 68.8 Å². The summed E-state index contributed by atoms with van der Waals surface area (Å²) < 4.78 is 11.2. The average Bonchev–Trinajstić information content (AvgIpc) is 3.11. The third-order valence-electron chi connectivity index (χ3n) is 5.72. The van der Waals surface area contributed by atoms with E-state index in [0.29, 0.717) is 11.3 Å². The number of hydrogen-bond acceptors (Lipinski definition) is 7. The van der Waals surface area contributed by atoms with E-state index in [9.17, 15) is 24.9 Å². The Morgan fingerprint density at radius 1 is 1.03 bits per heavy atom. The molecule has 1 aliphatic heterocycles. The minimum absolute atomic E-state index is 0.0124. The first-order valence-electron chi connectivity index (χ1n) is 11.6. The van der Waals surface area contributed by atoms with Crippen LogP contribution in [0.4, 0.5) is 5.69 Å². The monoisotopic (exact) mass is 523 g/mol. The number of amides is 1. The van der Waals surface area contributed by atoms with Gasteiger partial charge in [0.25, 0.3) is 11.7 Å². The lowest BCUT2D eigenvalue weighted by Crippen LogP contribution is -2.29. The minimum atomic E-state index is -1.17. The summed E-state index contributed by atoms with van der Waals surface area (Å²) >= 11 is 6.15. The standard InChI is InChI=1S/C28H26ClNO7/c1-4-36-23-13-16(8-10-22(23)32)25-24(26(33)17-6-5-7-19(12-17)37-15(2)3)27(34)28(35)30(25)20-14-18(29)9-11-21(20)31/h5-15,25,31-33H,4H2,1-3H3/b26-24+. The number of aliphatic hydroxyl groups is 1. The number of ketones is 1. The van der Waals surface area contributed by atoms with Crippen molar-refractivity contribution in [3.05, 3.63) is 82.4 Å². The molecule has 0 bridgehead atoms. The van der Waals surface area contributed by atoms with Crippen molar-refractivity contribution in [3.8, 4) is 23.0 Å².